The Hall–Kier alpha value is -1.18. The van der Waals surface area contributed by atoms with E-state index in [-0.39, 0.29) is 23.8 Å². The molecule has 0 radical (unpaired) electrons. The van der Waals surface area contributed by atoms with Crippen LogP contribution in [0, 0.1) is 5.92 Å². The van der Waals surface area contributed by atoms with Crippen molar-refractivity contribution in [2.45, 2.75) is 32.7 Å². The number of likely N-dealkylation sites (N-methyl/N-ethyl adjacent to an activating group) is 1. The maximum Gasteiger partial charge on any atom is 0.237 e. The number of hydrogen-bond acceptors (Lipinski definition) is 5. The highest BCUT2D eigenvalue weighted by Crippen LogP contribution is 2.17. The van der Waals surface area contributed by atoms with E-state index in [0.717, 1.165) is 6.54 Å². The third-order valence-corrected chi connectivity index (χ3v) is 4.14. The quantitative estimate of drug-likeness (QED) is 0.378. The minimum atomic E-state index is -0.133. The van der Waals surface area contributed by atoms with Gasteiger partial charge < -0.3 is 9.64 Å². The van der Waals surface area contributed by atoms with Gasteiger partial charge >= 0.3 is 0 Å². The molecule has 1 fully saturated rings. The Morgan fingerprint density at radius 3 is 2.52 bits per heavy atom. The molecule has 122 valence electrons. The molecule has 7 nitrogen and oxygen atoms in total. The number of piperidine rings is 1. The zero-order chi connectivity index (χ0) is 15.8. The van der Waals surface area contributed by atoms with Crippen LogP contribution in [0.15, 0.2) is 0 Å². The Morgan fingerprint density at radius 2 is 2.05 bits per heavy atom. The monoisotopic (exact) mass is 300 g/mol. The number of rotatable bonds is 7. The van der Waals surface area contributed by atoms with Crippen LogP contribution in [0.4, 0.5) is 0 Å². The molecule has 3 N–H and O–H groups in total. The second-order valence-electron chi connectivity index (χ2n) is 5.53. The molecule has 7 heteroatoms. The second-order valence-corrected chi connectivity index (χ2v) is 5.53. The molecule has 1 atom stereocenters. The summed E-state index contributed by atoms with van der Waals surface area (Å²) in [6.07, 6.45) is 1.35. The molecule has 0 bridgehead atoms. The topological polar surface area (TPSA) is 87.9 Å². The molecule has 1 rings (SSSR count). The van der Waals surface area contributed by atoms with Crippen molar-refractivity contribution in [3.05, 3.63) is 0 Å². The smallest absolute Gasteiger partial charge is 0.237 e. The summed E-state index contributed by atoms with van der Waals surface area (Å²) in [5.41, 5.74) is 2.18. The van der Waals surface area contributed by atoms with Crippen molar-refractivity contribution in [1.82, 2.24) is 15.2 Å². The molecule has 1 unspecified atom stereocenters. The fraction of sp³-hybridized carbons (Fsp3) is 0.857. The van der Waals surface area contributed by atoms with Gasteiger partial charge in [0, 0.05) is 32.2 Å². The summed E-state index contributed by atoms with van der Waals surface area (Å²) in [6.45, 7) is 7.15. The number of methoxy groups -OCH3 is 1. The molecule has 0 saturated carbocycles. The first-order valence-electron chi connectivity index (χ1n) is 7.54. The van der Waals surface area contributed by atoms with Crippen molar-refractivity contribution in [2.75, 3.05) is 39.9 Å². The zero-order valence-corrected chi connectivity index (χ0v) is 13.3. The first-order chi connectivity index (χ1) is 10.0. The number of nitrogens with one attached hydrogen (secondary N) is 1. The predicted octanol–water partition coefficient (Wildman–Crippen LogP) is -0.428. The van der Waals surface area contributed by atoms with Crippen LogP contribution in [0.2, 0.25) is 0 Å². The SMILES string of the molecule is CCN(CC(=O)N1CCC(C(=O)NN)CC1)C(C)COC. The van der Waals surface area contributed by atoms with Gasteiger partial charge in [-0.1, -0.05) is 6.92 Å². The van der Waals surface area contributed by atoms with Crippen LogP contribution in [0.1, 0.15) is 26.7 Å². The van der Waals surface area contributed by atoms with Crippen LogP contribution in [-0.2, 0) is 14.3 Å². The number of carbonyl (C=O) groups is 2. The normalized spacial score (nSPS) is 17.9. The summed E-state index contributed by atoms with van der Waals surface area (Å²) in [4.78, 5) is 27.7. The second kappa shape index (κ2) is 8.96. The summed E-state index contributed by atoms with van der Waals surface area (Å²) >= 11 is 0. The van der Waals surface area contributed by atoms with E-state index >= 15 is 0 Å². The van der Waals surface area contributed by atoms with Crippen molar-refractivity contribution in [3.8, 4) is 0 Å². The number of likely N-dealkylation sites (tertiary alicyclic amines) is 1. The Balaban J connectivity index is 2.44. The maximum absolute atomic E-state index is 12.3. The Bertz CT molecular complexity index is 343. The molecule has 0 aromatic carbocycles. The van der Waals surface area contributed by atoms with Crippen molar-refractivity contribution >= 4 is 11.8 Å². The van der Waals surface area contributed by atoms with E-state index in [4.69, 9.17) is 10.6 Å². The molecule has 0 aliphatic carbocycles. The fourth-order valence-corrected chi connectivity index (χ4v) is 2.71. The van der Waals surface area contributed by atoms with E-state index < -0.39 is 0 Å². The summed E-state index contributed by atoms with van der Waals surface area (Å²) in [5.74, 6) is 5.05. The Labute approximate surface area is 126 Å². The summed E-state index contributed by atoms with van der Waals surface area (Å²) in [5, 5.41) is 0. The highest BCUT2D eigenvalue weighted by atomic mass is 16.5. The predicted molar refractivity (Wildman–Crippen MR) is 80.2 cm³/mol. The van der Waals surface area contributed by atoms with Gasteiger partial charge in [-0.05, 0) is 26.3 Å². The first kappa shape index (κ1) is 17.9. The van der Waals surface area contributed by atoms with Gasteiger partial charge in [0.15, 0.2) is 0 Å². The van der Waals surface area contributed by atoms with Crippen molar-refractivity contribution in [2.24, 2.45) is 11.8 Å². The summed E-state index contributed by atoms with van der Waals surface area (Å²) < 4.78 is 5.14. The standard InChI is InChI=1S/C14H28N4O3/c1-4-17(11(2)10-21-3)9-13(19)18-7-5-12(6-8-18)14(20)16-15/h11-12H,4-10,15H2,1-3H3,(H,16,20). The Kier molecular flexibility index (Phi) is 7.63. The van der Waals surface area contributed by atoms with E-state index in [1.807, 2.05) is 11.8 Å². The van der Waals surface area contributed by atoms with Crippen LogP contribution in [0.25, 0.3) is 0 Å². The van der Waals surface area contributed by atoms with E-state index in [1.54, 1.807) is 7.11 Å². The number of nitrogens with zero attached hydrogens (tertiary/aromatic N) is 2. The van der Waals surface area contributed by atoms with E-state index in [9.17, 15) is 9.59 Å². The third kappa shape index (κ3) is 5.26. The molecule has 0 aromatic rings. The van der Waals surface area contributed by atoms with Crippen molar-refractivity contribution in [1.29, 1.82) is 0 Å². The molecule has 1 saturated heterocycles. The number of amides is 2. The van der Waals surface area contributed by atoms with Gasteiger partial charge in [0.05, 0.1) is 13.2 Å². The largest absolute Gasteiger partial charge is 0.383 e. The van der Waals surface area contributed by atoms with Gasteiger partial charge in [-0.3, -0.25) is 19.9 Å². The van der Waals surface area contributed by atoms with E-state index in [1.165, 1.54) is 0 Å². The average Bonchev–Trinajstić information content (AvgIpc) is 2.51. The molecular formula is C14H28N4O3. The molecule has 0 spiro atoms. The molecule has 1 aliphatic heterocycles. The molecule has 2 amide bonds. The minimum Gasteiger partial charge on any atom is -0.383 e. The van der Waals surface area contributed by atoms with E-state index in [0.29, 0.717) is 39.1 Å². The summed E-state index contributed by atoms with van der Waals surface area (Å²) in [6, 6.07) is 0.213. The summed E-state index contributed by atoms with van der Waals surface area (Å²) in [7, 11) is 1.67. The maximum atomic E-state index is 12.3. The lowest BCUT2D eigenvalue weighted by Gasteiger charge is -2.34. The minimum absolute atomic E-state index is 0.0752. The van der Waals surface area contributed by atoms with Gasteiger partial charge in [-0.2, -0.15) is 0 Å². The number of nitrogens with two attached hydrogens (primary N) is 1. The van der Waals surface area contributed by atoms with Crippen LogP contribution < -0.4 is 11.3 Å². The molecule has 1 heterocycles. The lowest BCUT2D eigenvalue weighted by atomic mass is 9.96. The van der Waals surface area contributed by atoms with Crippen molar-refractivity contribution < 1.29 is 14.3 Å². The third-order valence-electron chi connectivity index (χ3n) is 4.14. The lowest BCUT2D eigenvalue weighted by Crippen LogP contribution is -2.49. The highest BCUT2D eigenvalue weighted by Gasteiger charge is 2.28. The number of hydrazine groups is 1. The van der Waals surface area contributed by atoms with Gasteiger partial charge in [-0.15, -0.1) is 0 Å². The fourth-order valence-electron chi connectivity index (χ4n) is 2.71. The number of carbonyl (C=O) groups excluding carboxylic acids is 2. The lowest BCUT2D eigenvalue weighted by molar-refractivity contribution is -0.137. The van der Waals surface area contributed by atoms with Crippen molar-refractivity contribution in [3.63, 3.8) is 0 Å². The number of hydrogen-bond donors (Lipinski definition) is 2. The molecule has 0 aromatic heterocycles. The van der Waals surface area contributed by atoms with Gasteiger partial charge in [0.1, 0.15) is 0 Å². The van der Waals surface area contributed by atoms with Crippen LogP contribution in [0.3, 0.4) is 0 Å². The number of ether oxygens (including phenoxy) is 1. The zero-order valence-electron chi connectivity index (χ0n) is 13.3. The molecule has 1 aliphatic rings. The van der Waals surface area contributed by atoms with Gasteiger partial charge in [-0.25, -0.2) is 5.84 Å². The van der Waals surface area contributed by atoms with Crippen LogP contribution >= 0.6 is 0 Å². The van der Waals surface area contributed by atoms with Crippen LogP contribution in [-0.4, -0.2) is 67.6 Å². The average molecular weight is 300 g/mol. The van der Waals surface area contributed by atoms with Crippen LogP contribution in [0.5, 0.6) is 0 Å². The first-order valence-corrected chi connectivity index (χ1v) is 7.54. The Morgan fingerprint density at radius 1 is 1.43 bits per heavy atom. The van der Waals surface area contributed by atoms with Gasteiger partial charge in [0.2, 0.25) is 11.8 Å². The highest BCUT2D eigenvalue weighted by molar-refractivity contribution is 5.80. The molecular weight excluding hydrogens is 272 g/mol. The van der Waals surface area contributed by atoms with E-state index in [2.05, 4.69) is 17.2 Å². The molecule has 21 heavy (non-hydrogen) atoms. The van der Waals surface area contributed by atoms with Gasteiger partial charge in [0.25, 0.3) is 0 Å².